The summed E-state index contributed by atoms with van der Waals surface area (Å²) in [6.07, 6.45) is 6.11. The van der Waals surface area contributed by atoms with E-state index in [0.29, 0.717) is 5.76 Å². The van der Waals surface area contributed by atoms with Crippen LogP contribution in [-0.4, -0.2) is 16.5 Å². The first-order chi connectivity index (χ1) is 11.1. The lowest BCUT2D eigenvalue weighted by Gasteiger charge is -2.19. The number of carbonyl (C=O) groups is 1. The van der Waals surface area contributed by atoms with E-state index in [9.17, 15) is 9.90 Å². The molecule has 1 aliphatic carbocycles. The van der Waals surface area contributed by atoms with Gasteiger partial charge in [-0.15, -0.1) is 0 Å². The fourth-order valence-corrected chi connectivity index (χ4v) is 2.39. The van der Waals surface area contributed by atoms with E-state index in [1.165, 1.54) is 24.0 Å². The zero-order valence-corrected chi connectivity index (χ0v) is 12.7. The summed E-state index contributed by atoms with van der Waals surface area (Å²) in [6, 6.07) is 11.3. The molecule has 0 spiro atoms. The predicted octanol–water partition coefficient (Wildman–Crippen LogP) is 3.28. The van der Waals surface area contributed by atoms with Gasteiger partial charge >= 0.3 is 0 Å². The number of ketones is 1. The summed E-state index contributed by atoms with van der Waals surface area (Å²) in [6.45, 7) is 2.01. The number of hydrogen-bond donors (Lipinski definition) is 1. The monoisotopic (exact) mass is 304 g/mol. The second-order valence-electron chi connectivity index (χ2n) is 5.54. The Morgan fingerprint density at radius 2 is 2.04 bits per heavy atom. The minimum atomic E-state index is -1.37. The lowest BCUT2D eigenvalue weighted by molar-refractivity contribution is -0.111. The maximum absolute atomic E-state index is 12.0. The molecule has 1 aromatic heterocycles. The molecule has 1 aliphatic rings. The lowest BCUT2D eigenvalue weighted by atomic mass is 9.92. The number of carbonyl (C=O) groups excluding carboxylic acids is 1. The first kappa shape index (κ1) is 15.1. The van der Waals surface area contributed by atoms with Gasteiger partial charge < -0.3 is 9.52 Å². The van der Waals surface area contributed by atoms with Crippen molar-refractivity contribution in [2.45, 2.75) is 18.9 Å². The molecule has 0 aliphatic heterocycles. The van der Waals surface area contributed by atoms with Gasteiger partial charge in [-0.1, -0.05) is 29.5 Å². The average molecular weight is 304 g/mol. The maximum atomic E-state index is 12.0. The number of hydrogen-bond acceptors (Lipinski definition) is 3. The van der Waals surface area contributed by atoms with Crippen LogP contribution in [0.25, 0.3) is 6.08 Å². The minimum absolute atomic E-state index is 0.148. The van der Waals surface area contributed by atoms with Gasteiger partial charge in [0, 0.05) is 17.6 Å². The Bertz CT molecular complexity index is 827. The van der Waals surface area contributed by atoms with Crippen molar-refractivity contribution in [3.05, 3.63) is 77.3 Å². The van der Waals surface area contributed by atoms with E-state index < -0.39 is 5.60 Å². The van der Waals surface area contributed by atoms with Gasteiger partial charge in [0.25, 0.3) is 0 Å². The number of aliphatic hydroxyl groups is 1. The molecular weight excluding hydrogens is 288 g/mol. The quantitative estimate of drug-likeness (QED) is 0.684. The van der Waals surface area contributed by atoms with E-state index in [1.807, 2.05) is 31.2 Å². The zero-order valence-electron chi connectivity index (χ0n) is 12.7. The number of furan rings is 1. The average Bonchev–Trinajstić information content (AvgIpc) is 3.14. The van der Waals surface area contributed by atoms with Gasteiger partial charge in [-0.25, -0.2) is 0 Å². The van der Waals surface area contributed by atoms with E-state index in [0.717, 1.165) is 5.56 Å². The van der Waals surface area contributed by atoms with Gasteiger partial charge in [-0.3, -0.25) is 4.79 Å². The largest absolute Gasteiger partial charge is 0.465 e. The highest BCUT2D eigenvalue weighted by atomic mass is 16.3. The lowest BCUT2D eigenvalue weighted by Crippen LogP contribution is -2.27. The van der Waals surface area contributed by atoms with E-state index >= 15 is 0 Å². The normalized spacial score (nSPS) is 21.5. The molecule has 114 valence electrons. The minimum Gasteiger partial charge on any atom is -0.465 e. The van der Waals surface area contributed by atoms with E-state index in [-0.39, 0.29) is 17.8 Å². The fraction of sp³-hybridized carbons (Fsp3) is 0.150. The van der Waals surface area contributed by atoms with Gasteiger partial charge in [0.15, 0.2) is 5.78 Å². The smallest absolute Gasteiger partial charge is 0.185 e. The molecule has 0 saturated heterocycles. The Labute approximate surface area is 135 Å². The zero-order chi connectivity index (χ0) is 16.3. The molecule has 3 heteroatoms. The highest BCUT2D eigenvalue weighted by molar-refractivity contribution is 6.11. The first-order valence-corrected chi connectivity index (χ1v) is 7.34. The van der Waals surface area contributed by atoms with Gasteiger partial charge in [0.2, 0.25) is 0 Å². The van der Waals surface area contributed by atoms with Gasteiger partial charge in [-0.05, 0) is 49.4 Å². The molecule has 0 radical (unpaired) electrons. The van der Waals surface area contributed by atoms with Gasteiger partial charge in [0.05, 0.1) is 6.26 Å². The third kappa shape index (κ3) is 3.33. The van der Waals surface area contributed by atoms with Gasteiger partial charge in [-0.2, -0.15) is 0 Å². The summed E-state index contributed by atoms with van der Waals surface area (Å²) in [7, 11) is 0. The number of aryl methyl sites for hydroxylation is 1. The summed E-state index contributed by atoms with van der Waals surface area (Å²) >= 11 is 0. The number of rotatable bonds is 2. The van der Waals surface area contributed by atoms with Crippen LogP contribution in [0.15, 0.2) is 64.8 Å². The molecule has 0 amide bonds. The Morgan fingerprint density at radius 1 is 1.26 bits per heavy atom. The summed E-state index contributed by atoms with van der Waals surface area (Å²) < 4.78 is 5.22. The van der Waals surface area contributed by atoms with Crippen molar-refractivity contribution in [3.8, 4) is 11.8 Å². The molecule has 0 fully saturated rings. The Balaban J connectivity index is 1.82. The molecule has 23 heavy (non-hydrogen) atoms. The van der Waals surface area contributed by atoms with Crippen LogP contribution in [0.3, 0.4) is 0 Å². The van der Waals surface area contributed by atoms with Crippen molar-refractivity contribution in [1.29, 1.82) is 0 Å². The van der Waals surface area contributed by atoms with E-state index in [1.54, 1.807) is 18.2 Å². The second kappa shape index (κ2) is 6.12. The number of allylic oxidation sites excluding steroid dienone is 1. The topological polar surface area (TPSA) is 50.4 Å². The molecular formula is C20H16O3. The SMILES string of the molecule is Cc1ccc(C#CCC2(O)C=CC(=O)/C2=C/c2ccco2)cc1. The Hall–Kier alpha value is -2.83. The highest BCUT2D eigenvalue weighted by Gasteiger charge is 2.36. The molecule has 1 unspecified atom stereocenters. The van der Waals surface area contributed by atoms with Crippen LogP contribution in [0.2, 0.25) is 0 Å². The molecule has 2 aromatic rings. The molecule has 1 heterocycles. The Kier molecular flexibility index (Phi) is 4.01. The van der Waals surface area contributed by atoms with Crippen molar-refractivity contribution in [2.75, 3.05) is 0 Å². The molecule has 3 nitrogen and oxygen atoms in total. The summed E-state index contributed by atoms with van der Waals surface area (Å²) in [5, 5.41) is 10.7. The molecule has 3 rings (SSSR count). The third-order valence-electron chi connectivity index (χ3n) is 3.71. The van der Waals surface area contributed by atoms with E-state index in [4.69, 9.17) is 4.42 Å². The highest BCUT2D eigenvalue weighted by Crippen LogP contribution is 2.31. The molecule has 0 saturated carbocycles. The maximum Gasteiger partial charge on any atom is 0.185 e. The van der Waals surface area contributed by atoms with Crippen molar-refractivity contribution in [1.82, 2.24) is 0 Å². The standard InChI is InChI=1S/C20H16O3/c1-15-6-8-16(9-7-15)4-2-11-20(22)12-10-19(21)18(20)14-17-5-3-13-23-17/h3,5-10,12-14,22H,11H2,1H3/b18-14-. The van der Waals surface area contributed by atoms with Crippen LogP contribution in [0, 0.1) is 18.8 Å². The molecule has 0 bridgehead atoms. The van der Waals surface area contributed by atoms with Crippen LogP contribution in [0.5, 0.6) is 0 Å². The van der Waals surface area contributed by atoms with Crippen molar-refractivity contribution in [3.63, 3.8) is 0 Å². The molecule has 1 N–H and O–H groups in total. The number of benzene rings is 1. The van der Waals surface area contributed by atoms with Crippen molar-refractivity contribution < 1.29 is 14.3 Å². The van der Waals surface area contributed by atoms with Crippen LogP contribution in [0.4, 0.5) is 0 Å². The molecule has 1 atom stereocenters. The van der Waals surface area contributed by atoms with Crippen LogP contribution in [-0.2, 0) is 4.79 Å². The van der Waals surface area contributed by atoms with Crippen molar-refractivity contribution in [2.24, 2.45) is 0 Å². The van der Waals surface area contributed by atoms with Gasteiger partial charge in [0.1, 0.15) is 11.4 Å². The van der Waals surface area contributed by atoms with E-state index in [2.05, 4.69) is 11.8 Å². The van der Waals surface area contributed by atoms with Crippen LogP contribution >= 0.6 is 0 Å². The summed E-state index contributed by atoms with van der Waals surface area (Å²) in [5.74, 6) is 6.28. The summed E-state index contributed by atoms with van der Waals surface area (Å²) in [4.78, 5) is 12.0. The first-order valence-electron chi connectivity index (χ1n) is 7.34. The Morgan fingerprint density at radius 3 is 2.74 bits per heavy atom. The summed E-state index contributed by atoms with van der Waals surface area (Å²) in [5.41, 5.74) is 0.957. The molecule has 1 aromatic carbocycles. The van der Waals surface area contributed by atoms with Crippen LogP contribution < -0.4 is 0 Å². The third-order valence-corrected chi connectivity index (χ3v) is 3.71. The second-order valence-corrected chi connectivity index (χ2v) is 5.54. The van der Waals surface area contributed by atoms with Crippen molar-refractivity contribution >= 4 is 11.9 Å². The predicted molar refractivity (Wildman–Crippen MR) is 88.5 cm³/mol. The van der Waals surface area contributed by atoms with Crippen LogP contribution in [0.1, 0.15) is 23.3 Å². The fourth-order valence-electron chi connectivity index (χ4n) is 2.39.